The van der Waals surface area contributed by atoms with Crippen molar-refractivity contribution >= 4 is 0 Å². The van der Waals surface area contributed by atoms with Gasteiger partial charge < -0.3 is 10.1 Å². The van der Waals surface area contributed by atoms with Crippen LogP contribution in [-0.2, 0) is 23.4 Å². The smallest absolute Gasteiger partial charge is 0.0725 e. The molecule has 0 amide bonds. The number of fused-ring (bicyclic) bond motifs is 1. The number of hydrogen-bond acceptors (Lipinski definition) is 2. The van der Waals surface area contributed by atoms with Gasteiger partial charge in [-0.2, -0.15) is 0 Å². The third-order valence-electron chi connectivity index (χ3n) is 3.91. The Kier molecular flexibility index (Phi) is 4.03. The maximum atomic E-state index is 5.50. The Morgan fingerprint density at radius 2 is 1.74 bits per heavy atom. The van der Waals surface area contributed by atoms with Gasteiger partial charge in [0, 0.05) is 5.54 Å². The molecule has 0 saturated heterocycles. The molecule has 0 fully saturated rings. The summed E-state index contributed by atoms with van der Waals surface area (Å²) in [5.74, 6) is 0. The van der Waals surface area contributed by atoms with Crippen molar-refractivity contribution in [2.45, 2.75) is 65.2 Å². The van der Waals surface area contributed by atoms with E-state index in [0.29, 0.717) is 0 Å². The summed E-state index contributed by atoms with van der Waals surface area (Å²) in [6, 6.07) is 6.83. The van der Waals surface area contributed by atoms with Crippen LogP contribution in [0.1, 0.15) is 57.7 Å². The summed E-state index contributed by atoms with van der Waals surface area (Å²) in [4.78, 5) is 0. The topological polar surface area (TPSA) is 21.3 Å². The number of hydrogen-bond donors (Lipinski definition) is 1. The molecule has 0 spiro atoms. The van der Waals surface area contributed by atoms with Gasteiger partial charge in [0.15, 0.2) is 0 Å². The maximum Gasteiger partial charge on any atom is 0.0725 e. The van der Waals surface area contributed by atoms with Gasteiger partial charge in [0.1, 0.15) is 0 Å². The summed E-state index contributed by atoms with van der Waals surface area (Å²) < 4.78 is 5.50. The lowest BCUT2D eigenvalue weighted by Crippen LogP contribution is -2.38. The third-order valence-corrected chi connectivity index (χ3v) is 3.91. The summed E-state index contributed by atoms with van der Waals surface area (Å²) in [5.41, 5.74) is 4.55. The average molecular weight is 261 g/mol. The fraction of sp³-hybridized carbons (Fsp3) is 0.647. The first-order valence-corrected chi connectivity index (χ1v) is 7.23. The molecule has 1 aromatic rings. The quantitative estimate of drug-likeness (QED) is 0.890. The number of benzene rings is 1. The molecule has 2 nitrogen and oxygen atoms in total. The molecule has 0 saturated carbocycles. The van der Waals surface area contributed by atoms with Gasteiger partial charge in [-0.05, 0) is 55.8 Å². The van der Waals surface area contributed by atoms with E-state index in [9.17, 15) is 0 Å². The molecule has 2 heteroatoms. The second kappa shape index (κ2) is 5.26. The molecule has 0 atom stereocenters. The highest BCUT2D eigenvalue weighted by Crippen LogP contribution is 2.30. The van der Waals surface area contributed by atoms with Gasteiger partial charge in [0.25, 0.3) is 0 Å². The average Bonchev–Trinajstić information content (AvgIpc) is 2.73. The van der Waals surface area contributed by atoms with E-state index in [4.69, 9.17) is 4.74 Å². The molecule has 2 rings (SSSR count). The van der Waals surface area contributed by atoms with Crippen LogP contribution in [0.15, 0.2) is 18.2 Å². The van der Waals surface area contributed by atoms with Crippen LogP contribution < -0.4 is 5.32 Å². The standard InChI is InChI=1S/C17H27NO/c1-16(2,3)18-9-8-17(4,5)15-7-6-13-11-19-12-14(13)10-15/h6-7,10,18H,8-9,11-12H2,1-5H3. The molecule has 0 aliphatic carbocycles. The lowest BCUT2D eigenvalue weighted by molar-refractivity contribution is 0.134. The summed E-state index contributed by atoms with van der Waals surface area (Å²) in [6.45, 7) is 13.9. The van der Waals surface area contributed by atoms with Crippen molar-refractivity contribution in [2.75, 3.05) is 6.54 Å². The van der Waals surface area contributed by atoms with Crippen molar-refractivity contribution in [3.8, 4) is 0 Å². The first-order chi connectivity index (χ1) is 8.78. The fourth-order valence-corrected chi connectivity index (χ4v) is 2.49. The lowest BCUT2D eigenvalue weighted by atomic mass is 9.80. The van der Waals surface area contributed by atoms with Crippen LogP contribution in [0.2, 0.25) is 0 Å². The van der Waals surface area contributed by atoms with Crippen LogP contribution in [-0.4, -0.2) is 12.1 Å². The second-order valence-corrected chi connectivity index (χ2v) is 7.29. The van der Waals surface area contributed by atoms with Gasteiger partial charge in [-0.25, -0.2) is 0 Å². The van der Waals surface area contributed by atoms with E-state index in [0.717, 1.165) is 26.2 Å². The Labute approximate surface area is 117 Å². The summed E-state index contributed by atoms with van der Waals surface area (Å²) in [5, 5.41) is 3.58. The Balaban J connectivity index is 2.03. The van der Waals surface area contributed by atoms with Crippen molar-refractivity contribution < 1.29 is 4.74 Å². The van der Waals surface area contributed by atoms with Gasteiger partial charge in [0.05, 0.1) is 13.2 Å². The predicted octanol–water partition coefficient (Wildman–Crippen LogP) is 3.77. The summed E-state index contributed by atoms with van der Waals surface area (Å²) >= 11 is 0. The maximum absolute atomic E-state index is 5.50. The van der Waals surface area contributed by atoms with E-state index in [1.807, 2.05) is 0 Å². The van der Waals surface area contributed by atoms with Crippen LogP contribution in [0.4, 0.5) is 0 Å². The number of nitrogens with one attached hydrogen (secondary N) is 1. The minimum absolute atomic E-state index is 0.196. The van der Waals surface area contributed by atoms with E-state index < -0.39 is 0 Å². The first-order valence-electron chi connectivity index (χ1n) is 7.23. The highest BCUT2D eigenvalue weighted by molar-refractivity contribution is 5.36. The molecule has 0 unspecified atom stereocenters. The van der Waals surface area contributed by atoms with Gasteiger partial charge in [-0.15, -0.1) is 0 Å². The third kappa shape index (κ3) is 3.80. The van der Waals surface area contributed by atoms with Crippen LogP contribution >= 0.6 is 0 Å². The zero-order chi connectivity index (χ0) is 14.1. The van der Waals surface area contributed by atoms with Crippen molar-refractivity contribution in [1.82, 2.24) is 5.32 Å². The Hall–Kier alpha value is -0.860. The van der Waals surface area contributed by atoms with Crippen LogP contribution in [0.3, 0.4) is 0 Å². The molecule has 1 aliphatic rings. The van der Waals surface area contributed by atoms with Gasteiger partial charge in [-0.3, -0.25) is 0 Å². The Morgan fingerprint density at radius 3 is 2.42 bits per heavy atom. The SMILES string of the molecule is CC(C)(C)NCCC(C)(C)c1ccc2c(c1)COC2. The highest BCUT2D eigenvalue weighted by atomic mass is 16.5. The normalized spacial score (nSPS) is 15.6. The fourth-order valence-electron chi connectivity index (χ4n) is 2.49. The second-order valence-electron chi connectivity index (χ2n) is 7.29. The minimum atomic E-state index is 0.196. The Morgan fingerprint density at radius 1 is 1.05 bits per heavy atom. The largest absolute Gasteiger partial charge is 0.372 e. The van der Waals surface area contributed by atoms with E-state index >= 15 is 0 Å². The molecule has 1 N–H and O–H groups in total. The zero-order valence-corrected chi connectivity index (χ0v) is 13.0. The van der Waals surface area contributed by atoms with Crippen LogP contribution in [0, 0.1) is 0 Å². The summed E-state index contributed by atoms with van der Waals surface area (Å²) in [6.07, 6.45) is 1.14. The molecule has 0 aromatic heterocycles. The molecular weight excluding hydrogens is 234 g/mol. The number of rotatable bonds is 4. The molecule has 106 valence electrons. The van der Waals surface area contributed by atoms with E-state index in [1.54, 1.807) is 0 Å². The minimum Gasteiger partial charge on any atom is -0.372 e. The van der Waals surface area contributed by atoms with E-state index in [1.165, 1.54) is 16.7 Å². The Bertz CT molecular complexity index is 443. The van der Waals surface area contributed by atoms with Gasteiger partial charge >= 0.3 is 0 Å². The summed E-state index contributed by atoms with van der Waals surface area (Å²) in [7, 11) is 0. The van der Waals surface area contributed by atoms with Crippen LogP contribution in [0.5, 0.6) is 0 Å². The van der Waals surface area contributed by atoms with Crippen molar-refractivity contribution in [1.29, 1.82) is 0 Å². The molecule has 1 aliphatic heterocycles. The monoisotopic (exact) mass is 261 g/mol. The molecule has 1 aromatic carbocycles. The van der Waals surface area contributed by atoms with E-state index in [2.05, 4.69) is 58.1 Å². The highest BCUT2D eigenvalue weighted by Gasteiger charge is 2.23. The van der Waals surface area contributed by atoms with Gasteiger partial charge in [-0.1, -0.05) is 32.0 Å². The molecule has 19 heavy (non-hydrogen) atoms. The molecular formula is C17H27NO. The molecule has 0 radical (unpaired) electrons. The number of ether oxygens (including phenoxy) is 1. The molecule has 0 bridgehead atoms. The zero-order valence-electron chi connectivity index (χ0n) is 13.0. The predicted molar refractivity (Wildman–Crippen MR) is 80.3 cm³/mol. The molecule has 1 heterocycles. The van der Waals surface area contributed by atoms with Crippen molar-refractivity contribution in [3.63, 3.8) is 0 Å². The van der Waals surface area contributed by atoms with Crippen molar-refractivity contribution in [3.05, 3.63) is 34.9 Å². The van der Waals surface area contributed by atoms with Crippen molar-refractivity contribution in [2.24, 2.45) is 0 Å². The first kappa shape index (κ1) is 14.5. The lowest BCUT2D eigenvalue weighted by Gasteiger charge is -2.29. The van der Waals surface area contributed by atoms with Gasteiger partial charge in [0.2, 0.25) is 0 Å². The van der Waals surface area contributed by atoms with E-state index in [-0.39, 0.29) is 11.0 Å². The van der Waals surface area contributed by atoms with Crippen LogP contribution in [0.25, 0.3) is 0 Å².